The van der Waals surface area contributed by atoms with Gasteiger partial charge in [0.15, 0.2) is 0 Å². The SMILES string of the molecule is CC[C@@H](N)C(=O)NC(C)(CC)CO. The largest absolute Gasteiger partial charge is 0.394 e. The summed E-state index contributed by atoms with van der Waals surface area (Å²) < 4.78 is 0. The van der Waals surface area contributed by atoms with Gasteiger partial charge in [-0.2, -0.15) is 0 Å². The molecule has 13 heavy (non-hydrogen) atoms. The number of amides is 1. The molecule has 0 aliphatic rings. The number of nitrogens with two attached hydrogens (primary N) is 1. The highest BCUT2D eigenvalue weighted by Crippen LogP contribution is 2.07. The van der Waals surface area contributed by atoms with E-state index in [-0.39, 0.29) is 12.5 Å². The lowest BCUT2D eigenvalue weighted by atomic mass is 9.99. The van der Waals surface area contributed by atoms with Crippen molar-refractivity contribution >= 4 is 5.91 Å². The zero-order valence-corrected chi connectivity index (χ0v) is 8.63. The Morgan fingerprint density at radius 2 is 2.15 bits per heavy atom. The fourth-order valence-corrected chi connectivity index (χ4v) is 0.815. The van der Waals surface area contributed by atoms with Crippen molar-refractivity contribution in [1.29, 1.82) is 0 Å². The Labute approximate surface area is 79.5 Å². The maximum atomic E-state index is 11.4. The molecule has 0 aromatic heterocycles. The molecule has 0 aromatic carbocycles. The van der Waals surface area contributed by atoms with Gasteiger partial charge < -0.3 is 16.2 Å². The van der Waals surface area contributed by atoms with Crippen LogP contribution in [-0.2, 0) is 4.79 Å². The zero-order valence-electron chi connectivity index (χ0n) is 8.63. The van der Waals surface area contributed by atoms with E-state index in [1.807, 2.05) is 13.8 Å². The first kappa shape index (κ1) is 12.4. The minimum absolute atomic E-state index is 0.0638. The van der Waals surface area contributed by atoms with Crippen LogP contribution in [0.25, 0.3) is 0 Å². The third kappa shape index (κ3) is 3.74. The van der Waals surface area contributed by atoms with Gasteiger partial charge in [0.05, 0.1) is 18.2 Å². The first-order valence-corrected chi connectivity index (χ1v) is 4.67. The fraction of sp³-hybridized carbons (Fsp3) is 0.889. The average molecular weight is 188 g/mol. The van der Waals surface area contributed by atoms with Crippen molar-refractivity contribution in [1.82, 2.24) is 5.32 Å². The number of nitrogens with one attached hydrogen (secondary N) is 1. The van der Waals surface area contributed by atoms with Crippen LogP contribution >= 0.6 is 0 Å². The maximum absolute atomic E-state index is 11.4. The van der Waals surface area contributed by atoms with Crippen molar-refractivity contribution < 1.29 is 9.90 Å². The van der Waals surface area contributed by atoms with Crippen LogP contribution in [0.4, 0.5) is 0 Å². The normalized spacial score (nSPS) is 17.6. The fourth-order valence-electron chi connectivity index (χ4n) is 0.815. The van der Waals surface area contributed by atoms with E-state index < -0.39 is 11.6 Å². The number of hydrogen-bond acceptors (Lipinski definition) is 3. The molecule has 0 radical (unpaired) electrons. The summed E-state index contributed by atoms with van der Waals surface area (Å²) in [7, 11) is 0. The molecular weight excluding hydrogens is 168 g/mol. The number of carbonyl (C=O) groups excluding carboxylic acids is 1. The first-order valence-electron chi connectivity index (χ1n) is 4.67. The number of aliphatic hydroxyl groups excluding tert-OH is 1. The Hall–Kier alpha value is -0.610. The van der Waals surface area contributed by atoms with Crippen LogP contribution < -0.4 is 11.1 Å². The highest BCUT2D eigenvalue weighted by molar-refractivity contribution is 5.82. The van der Waals surface area contributed by atoms with Gasteiger partial charge in [-0.15, -0.1) is 0 Å². The standard InChI is InChI=1S/C9H20N2O2/c1-4-7(10)8(13)11-9(3,5-2)6-12/h7,12H,4-6,10H2,1-3H3,(H,11,13)/t7-,9?/m1/s1. The Kier molecular flexibility index (Phi) is 4.95. The van der Waals surface area contributed by atoms with Crippen LogP contribution in [0.1, 0.15) is 33.6 Å². The summed E-state index contributed by atoms with van der Waals surface area (Å²) in [5.74, 6) is -0.194. The van der Waals surface area contributed by atoms with Gasteiger partial charge in [0.25, 0.3) is 0 Å². The minimum atomic E-state index is -0.538. The predicted octanol–water partition coefficient (Wildman–Crippen LogP) is 0.000900. The molecule has 4 nitrogen and oxygen atoms in total. The molecule has 0 aliphatic heterocycles. The molecule has 0 saturated carbocycles. The van der Waals surface area contributed by atoms with Crippen LogP contribution in [0.5, 0.6) is 0 Å². The summed E-state index contributed by atoms with van der Waals surface area (Å²) in [5, 5.41) is 11.8. The van der Waals surface area contributed by atoms with Crippen LogP contribution in [-0.4, -0.2) is 29.2 Å². The monoisotopic (exact) mass is 188 g/mol. The molecule has 0 heterocycles. The average Bonchev–Trinajstić information content (AvgIpc) is 2.16. The van der Waals surface area contributed by atoms with Gasteiger partial charge in [0.2, 0.25) is 5.91 Å². The highest BCUT2D eigenvalue weighted by atomic mass is 16.3. The number of rotatable bonds is 5. The third-order valence-corrected chi connectivity index (χ3v) is 2.33. The van der Waals surface area contributed by atoms with Gasteiger partial charge in [-0.25, -0.2) is 0 Å². The van der Waals surface area contributed by atoms with E-state index in [9.17, 15) is 4.79 Å². The van der Waals surface area contributed by atoms with E-state index in [1.165, 1.54) is 0 Å². The van der Waals surface area contributed by atoms with Gasteiger partial charge in [-0.1, -0.05) is 13.8 Å². The molecule has 1 unspecified atom stereocenters. The van der Waals surface area contributed by atoms with Gasteiger partial charge in [0.1, 0.15) is 0 Å². The molecule has 4 N–H and O–H groups in total. The number of aliphatic hydroxyl groups is 1. The number of carbonyl (C=O) groups is 1. The van der Waals surface area contributed by atoms with E-state index in [2.05, 4.69) is 5.32 Å². The summed E-state index contributed by atoms with van der Waals surface area (Å²) in [5.41, 5.74) is 5.00. The van der Waals surface area contributed by atoms with Gasteiger partial charge in [-0.05, 0) is 19.8 Å². The third-order valence-electron chi connectivity index (χ3n) is 2.33. The highest BCUT2D eigenvalue weighted by Gasteiger charge is 2.25. The molecule has 0 saturated heterocycles. The van der Waals surface area contributed by atoms with Crippen molar-refractivity contribution in [3.8, 4) is 0 Å². The Balaban J connectivity index is 4.17. The lowest BCUT2D eigenvalue weighted by Gasteiger charge is -2.28. The van der Waals surface area contributed by atoms with E-state index in [0.29, 0.717) is 12.8 Å². The first-order chi connectivity index (χ1) is 5.99. The Morgan fingerprint density at radius 1 is 1.62 bits per heavy atom. The van der Waals surface area contributed by atoms with Crippen LogP contribution in [0.3, 0.4) is 0 Å². The molecule has 0 fully saturated rings. The smallest absolute Gasteiger partial charge is 0.237 e. The molecule has 0 bridgehead atoms. The maximum Gasteiger partial charge on any atom is 0.237 e. The molecular formula is C9H20N2O2. The van der Waals surface area contributed by atoms with Crippen molar-refractivity contribution in [3.63, 3.8) is 0 Å². The van der Waals surface area contributed by atoms with Crippen molar-refractivity contribution in [3.05, 3.63) is 0 Å². The molecule has 0 spiro atoms. The van der Waals surface area contributed by atoms with E-state index in [1.54, 1.807) is 6.92 Å². The lowest BCUT2D eigenvalue weighted by Crippen LogP contribution is -2.53. The van der Waals surface area contributed by atoms with Crippen LogP contribution in [0.15, 0.2) is 0 Å². The minimum Gasteiger partial charge on any atom is -0.394 e. The summed E-state index contributed by atoms with van der Waals surface area (Å²) in [6.45, 7) is 5.50. The van der Waals surface area contributed by atoms with Gasteiger partial charge >= 0.3 is 0 Å². The van der Waals surface area contributed by atoms with Crippen molar-refractivity contribution in [2.75, 3.05) is 6.61 Å². The van der Waals surface area contributed by atoms with Crippen molar-refractivity contribution in [2.24, 2.45) is 5.73 Å². The topological polar surface area (TPSA) is 75.4 Å². The quantitative estimate of drug-likeness (QED) is 0.568. The Morgan fingerprint density at radius 3 is 2.46 bits per heavy atom. The van der Waals surface area contributed by atoms with Crippen LogP contribution in [0, 0.1) is 0 Å². The predicted molar refractivity (Wildman–Crippen MR) is 52.2 cm³/mol. The summed E-state index contributed by atoms with van der Waals surface area (Å²) in [6.07, 6.45) is 1.29. The van der Waals surface area contributed by atoms with E-state index >= 15 is 0 Å². The zero-order chi connectivity index (χ0) is 10.5. The second kappa shape index (κ2) is 5.19. The molecule has 4 heteroatoms. The van der Waals surface area contributed by atoms with Gasteiger partial charge in [-0.3, -0.25) is 4.79 Å². The van der Waals surface area contributed by atoms with Crippen LogP contribution in [0.2, 0.25) is 0 Å². The summed E-state index contributed by atoms with van der Waals surface area (Å²) in [4.78, 5) is 11.4. The van der Waals surface area contributed by atoms with Crippen molar-refractivity contribution in [2.45, 2.75) is 45.2 Å². The number of hydrogen-bond donors (Lipinski definition) is 3. The molecule has 78 valence electrons. The lowest BCUT2D eigenvalue weighted by molar-refractivity contribution is -0.124. The van der Waals surface area contributed by atoms with Gasteiger partial charge in [0, 0.05) is 0 Å². The summed E-state index contributed by atoms with van der Waals surface area (Å²) >= 11 is 0. The Bertz CT molecular complexity index is 167. The molecule has 2 atom stereocenters. The van der Waals surface area contributed by atoms with E-state index in [4.69, 9.17) is 10.8 Å². The second-order valence-electron chi connectivity index (χ2n) is 3.58. The molecule has 0 rings (SSSR count). The molecule has 1 amide bonds. The second-order valence-corrected chi connectivity index (χ2v) is 3.58. The summed E-state index contributed by atoms with van der Waals surface area (Å²) in [6, 6.07) is -0.475. The molecule has 0 aromatic rings. The van der Waals surface area contributed by atoms with E-state index in [0.717, 1.165) is 0 Å². The molecule has 0 aliphatic carbocycles.